The molecule has 6 nitrogen and oxygen atoms in total. The van der Waals surface area contributed by atoms with E-state index >= 15 is 0 Å². The molecule has 0 bridgehead atoms. The van der Waals surface area contributed by atoms with Gasteiger partial charge in [0.05, 0.1) is 18.4 Å². The van der Waals surface area contributed by atoms with E-state index in [2.05, 4.69) is 5.32 Å². The number of amides is 1. The molecule has 1 amide bonds. The molecule has 0 saturated heterocycles. The van der Waals surface area contributed by atoms with Crippen molar-refractivity contribution in [2.45, 2.75) is 0 Å². The van der Waals surface area contributed by atoms with E-state index in [0.717, 1.165) is 0 Å². The smallest absolute Gasteiger partial charge is 0.338 e. The molecule has 0 unspecified atom stereocenters. The predicted octanol–water partition coefficient (Wildman–Crippen LogP) is 0.180. The molecule has 0 saturated carbocycles. The molecular weight excluding hydrogens is 224 g/mol. The van der Waals surface area contributed by atoms with Crippen LogP contribution in [-0.2, 0) is 9.53 Å². The number of rotatable bonds is 4. The first-order valence-corrected chi connectivity index (χ1v) is 4.89. The van der Waals surface area contributed by atoms with E-state index in [-0.39, 0.29) is 18.1 Å². The fraction of sp³-hybridized carbons (Fsp3) is 0.273. The van der Waals surface area contributed by atoms with Gasteiger partial charge in [-0.3, -0.25) is 4.79 Å². The number of carbonyl (C=O) groups excluding carboxylic acids is 2. The number of hydrogen-bond donors (Lipinski definition) is 2. The normalized spacial score (nSPS) is 9.53. The van der Waals surface area contributed by atoms with Crippen molar-refractivity contribution in [1.82, 2.24) is 5.32 Å². The second kappa shape index (κ2) is 5.74. The molecular formula is C11H14N2O4. The first-order valence-electron chi connectivity index (χ1n) is 4.89. The zero-order valence-electron chi connectivity index (χ0n) is 9.65. The lowest BCUT2D eigenvalue weighted by atomic mass is 10.2. The summed E-state index contributed by atoms with van der Waals surface area (Å²) in [7, 11) is 2.94. The summed E-state index contributed by atoms with van der Waals surface area (Å²) in [6.45, 7) is -0.318. The molecule has 17 heavy (non-hydrogen) atoms. The van der Waals surface area contributed by atoms with Crippen molar-refractivity contribution >= 4 is 17.6 Å². The predicted molar refractivity (Wildman–Crippen MR) is 61.8 cm³/mol. The molecule has 92 valence electrons. The number of methoxy groups -OCH3 is 1. The van der Waals surface area contributed by atoms with Crippen molar-refractivity contribution < 1.29 is 19.1 Å². The van der Waals surface area contributed by atoms with Gasteiger partial charge in [0, 0.05) is 7.05 Å². The summed E-state index contributed by atoms with van der Waals surface area (Å²) in [6.07, 6.45) is 0. The second-order valence-electron chi connectivity index (χ2n) is 3.21. The van der Waals surface area contributed by atoms with E-state index in [9.17, 15) is 9.59 Å². The summed E-state index contributed by atoms with van der Waals surface area (Å²) in [5.41, 5.74) is 6.25. The molecule has 0 aliphatic heterocycles. The Balaban J connectivity index is 2.69. The van der Waals surface area contributed by atoms with Crippen molar-refractivity contribution in [3.63, 3.8) is 0 Å². The zero-order chi connectivity index (χ0) is 12.8. The van der Waals surface area contributed by atoms with Crippen LogP contribution in [0.2, 0.25) is 0 Å². The lowest BCUT2D eigenvalue weighted by molar-refractivity contribution is -0.123. The van der Waals surface area contributed by atoms with Crippen molar-refractivity contribution in [3.8, 4) is 5.75 Å². The monoisotopic (exact) mass is 238 g/mol. The Kier molecular flexibility index (Phi) is 4.33. The number of nitrogens with two attached hydrogens (primary N) is 1. The Morgan fingerprint density at radius 2 is 2.12 bits per heavy atom. The van der Waals surface area contributed by atoms with Gasteiger partial charge in [-0.15, -0.1) is 0 Å². The molecule has 0 fully saturated rings. The van der Waals surface area contributed by atoms with Crippen molar-refractivity contribution in [1.29, 1.82) is 0 Å². The maximum atomic E-state index is 11.5. The molecule has 1 aromatic rings. The highest BCUT2D eigenvalue weighted by Gasteiger charge is 2.11. The van der Waals surface area contributed by atoms with Crippen LogP contribution in [0.4, 0.5) is 5.69 Å². The van der Waals surface area contributed by atoms with Crippen LogP contribution in [-0.4, -0.2) is 32.6 Å². The number of nitrogens with one attached hydrogen (secondary N) is 1. The minimum atomic E-state index is -0.608. The van der Waals surface area contributed by atoms with Crippen molar-refractivity contribution in [2.24, 2.45) is 0 Å². The quantitative estimate of drug-likeness (QED) is 0.576. The molecule has 0 radical (unpaired) electrons. The molecule has 0 aromatic heterocycles. The molecule has 3 N–H and O–H groups in total. The Bertz CT molecular complexity index is 431. The SMILES string of the molecule is CNC(=O)COC(=O)c1ccc(OC)c(N)c1. The van der Waals surface area contributed by atoms with Gasteiger partial charge < -0.3 is 20.5 Å². The largest absolute Gasteiger partial charge is 0.495 e. The van der Waals surface area contributed by atoms with Crippen LogP contribution < -0.4 is 15.8 Å². The van der Waals surface area contributed by atoms with Gasteiger partial charge in [-0.25, -0.2) is 4.79 Å². The van der Waals surface area contributed by atoms with Crippen LogP contribution in [0, 0.1) is 0 Å². The Labute approximate surface area is 98.7 Å². The number of carbonyl (C=O) groups is 2. The standard InChI is InChI=1S/C11H14N2O4/c1-13-10(14)6-17-11(15)7-3-4-9(16-2)8(12)5-7/h3-5H,6,12H2,1-2H3,(H,13,14). The average molecular weight is 238 g/mol. The van der Waals surface area contributed by atoms with E-state index < -0.39 is 5.97 Å². The van der Waals surface area contributed by atoms with E-state index in [1.54, 1.807) is 6.07 Å². The third-order valence-electron chi connectivity index (χ3n) is 2.08. The summed E-state index contributed by atoms with van der Waals surface area (Å²) in [4.78, 5) is 22.4. The summed E-state index contributed by atoms with van der Waals surface area (Å²) < 4.78 is 9.72. The topological polar surface area (TPSA) is 90.6 Å². The van der Waals surface area contributed by atoms with E-state index in [1.807, 2.05) is 0 Å². The third kappa shape index (κ3) is 3.37. The van der Waals surface area contributed by atoms with Crippen LogP contribution in [0.15, 0.2) is 18.2 Å². The Morgan fingerprint density at radius 3 is 2.65 bits per heavy atom. The van der Waals surface area contributed by atoms with Crippen LogP contribution in [0.3, 0.4) is 0 Å². The fourth-order valence-corrected chi connectivity index (χ4v) is 1.15. The van der Waals surface area contributed by atoms with Gasteiger partial charge >= 0.3 is 5.97 Å². The number of hydrogen-bond acceptors (Lipinski definition) is 5. The number of benzene rings is 1. The minimum Gasteiger partial charge on any atom is -0.495 e. The molecule has 6 heteroatoms. The molecule has 1 aromatic carbocycles. The number of anilines is 1. The van der Waals surface area contributed by atoms with Gasteiger partial charge in [0.25, 0.3) is 5.91 Å². The summed E-state index contributed by atoms with van der Waals surface area (Å²) in [5, 5.41) is 2.34. The second-order valence-corrected chi connectivity index (χ2v) is 3.21. The van der Waals surface area contributed by atoms with Gasteiger partial charge in [0.15, 0.2) is 6.61 Å². The lowest BCUT2D eigenvalue weighted by Crippen LogP contribution is -2.25. The first kappa shape index (κ1) is 12.8. The number of esters is 1. The molecule has 0 aliphatic rings. The molecule has 0 aliphatic carbocycles. The zero-order valence-corrected chi connectivity index (χ0v) is 9.65. The number of nitrogen functional groups attached to an aromatic ring is 1. The van der Waals surface area contributed by atoms with Gasteiger partial charge in [-0.05, 0) is 18.2 Å². The lowest BCUT2D eigenvalue weighted by Gasteiger charge is -2.07. The van der Waals surface area contributed by atoms with Crippen LogP contribution in [0.25, 0.3) is 0 Å². The van der Waals surface area contributed by atoms with Crippen LogP contribution in [0.5, 0.6) is 5.75 Å². The number of likely N-dealkylation sites (N-methyl/N-ethyl adjacent to an activating group) is 1. The van der Waals surface area contributed by atoms with Gasteiger partial charge in [0.2, 0.25) is 0 Å². The highest BCUT2D eigenvalue weighted by atomic mass is 16.5. The van der Waals surface area contributed by atoms with E-state index in [1.165, 1.54) is 26.3 Å². The summed E-state index contributed by atoms with van der Waals surface area (Å²) >= 11 is 0. The Morgan fingerprint density at radius 1 is 1.41 bits per heavy atom. The highest BCUT2D eigenvalue weighted by Crippen LogP contribution is 2.22. The molecule has 0 atom stereocenters. The van der Waals surface area contributed by atoms with Gasteiger partial charge in [-0.1, -0.05) is 0 Å². The third-order valence-corrected chi connectivity index (χ3v) is 2.08. The van der Waals surface area contributed by atoms with Crippen molar-refractivity contribution in [3.05, 3.63) is 23.8 Å². The van der Waals surface area contributed by atoms with Gasteiger partial charge in [0.1, 0.15) is 5.75 Å². The first-order chi connectivity index (χ1) is 8.08. The highest BCUT2D eigenvalue weighted by molar-refractivity contribution is 5.92. The maximum Gasteiger partial charge on any atom is 0.338 e. The minimum absolute atomic E-state index is 0.271. The fourth-order valence-electron chi connectivity index (χ4n) is 1.15. The number of ether oxygens (including phenoxy) is 2. The maximum absolute atomic E-state index is 11.5. The van der Waals surface area contributed by atoms with E-state index in [4.69, 9.17) is 15.2 Å². The molecule has 1 rings (SSSR count). The van der Waals surface area contributed by atoms with Crippen LogP contribution in [0.1, 0.15) is 10.4 Å². The summed E-state index contributed by atoms with van der Waals surface area (Å²) in [5.74, 6) is -0.504. The summed E-state index contributed by atoms with van der Waals surface area (Å²) in [6, 6.07) is 4.51. The Hall–Kier alpha value is -2.24. The van der Waals surface area contributed by atoms with Crippen molar-refractivity contribution in [2.75, 3.05) is 26.5 Å². The van der Waals surface area contributed by atoms with E-state index in [0.29, 0.717) is 11.4 Å². The van der Waals surface area contributed by atoms with Gasteiger partial charge in [-0.2, -0.15) is 0 Å². The van der Waals surface area contributed by atoms with Crippen LogP contribution >= 0.6 is 0 Å². The molecule has 0 spiro atoms. The average Bonchev–Trinajstić information content (AvgIpc) is 2.35. The molecule has 0 heterocycles.